The van der Waals surface area contributed by atoms with Gasteiger partial charge in [0.15, 0.2) is 5.78 Å². The zero-order chi connectivity index (χ0) is 18.6. The highest BCUT2D eigenvalue weighted by atomic mass is 16.1. The molecule has 1 aromatic heterocycles. The van der Waals surface area contributed by atoms with Gasteiger partial charge in [0.1, 0.15) is 5.82 Å². The fourth-order valence-corrected chi connectivity index (χ4v) is 3.38. The molecule has 136 valence electrons. The van der Waals surface area contributed by atoms with Crippen LogP contribution in [-0.4, -0.2) is 41.9 Å². The number of carbonyl (C=O) groups is 1. The van der Waals surface area contributed by atoms with Crippen LogP contribution in [0.3, 0.4) is 0 Å². The molecule has 0 radical (unpaired) electrons. The van der Waals surface area contributed by atoms with Crippen LogP contribution in [0.2, 0.25) is 0 Å². The van der Waals surface area contributed by atoms with Crippen molar-refractivity contribution < 1.29 is 4.79 Å². The lowest BCUT2D eigenvalue weighted by Crippen LogP contribution is -2.46. The maximum Gasteiger partial charge on any atom is 0.159 e. The van der Waals surface area contributed by atoms with Gasteiger partial charge in [0.2, 0.25) is 0 Å². The molecule has 5 heteroatoms. The predicted octanol–water partition coefficient (Wildman–Crippen LogP) is 3.67. The van der Waals surface area contributed by atoms with Crippen LogP contribution >= 0.6 is 0 Å². The van der Waals surface area contributed by atoms with Gasteiger partial charge in [-0.25, -0.2) is 4.98 Å². The summed E-state index contributed by atoms with van der Waals surface area (Å²) in [4.78, 5) is 25.5. The van der Waals surface area contributed by atoms with E-state index in [1.165, 1.54) is 5.69 Å². The molecular weight excluding hydrogens is 336 g/mol. The molecule has 0 saturated carbocycles. The normalized spacial score (nSPS) is 14.3. The van der Waals surface area contributed by atoms with Crippen molar-refractivity contribution in [2.45, 2.75) is 6.92 Å². The Morgan fingerprint density at radius 1 is 0.889 bits per heavy atom. The Morgan fingerprint density at radius 2 is 1.63 bits per heavy atom. The Bertz CT molecular complexity index is 934. The van der Waals surface area contributed by atoms with Gasteiger partial charge in [-0.05, 0) is 25.1 Å². The second kappa shape index (κ2) is 7.58. The smallest absolute Gasteiger partial charge is 0.159 e. The number of ketones is 1. The quantitative estimate of drug-likeness (QED) is 0.666. The minimum absolute atomic E-state index is 0.0537. The van der Waals surface area contributed by atoms with E-state index >= 15 is 0 Å². The van der Waals surface area contributed by atoms with Crippen LogP contribution in [0.1, 0.15) is 17.3 Å². The summed E-state index contributed by atoms with van der Waals surface area (Å²) in [7, 11) is 0. The fraction of sp³-hybridized carbons (Fsp3) is 0.227. The lowest BCUT2D eigenvalue weighted by atomic mass is 10.1. The van der Waals surface area contributed by atoms with Crippen LogP contribution < -0.4 is 9.80 Å². The maximum absolute atomic E-state index is 11.6. The molecule has 1 aliphatic heterocycles. The van der Waals surface area contributed by atoms with E-state index in [0.717, 1.165) is 43.3 Å². The van der Waals surface area contributed by atoms with E-state index in [1.54, 1.807) is 13.1 Å². The molecule has 0 unspecified atom stereocenters. The molecule has 5 nitrogen and oxygen atoms in total. The van der Waals surface area contributed by atoms with E-state index in [2.05, 4.69) is 39.0 Å². The van der Waals surface area contributed by atoms with Crippen molar-refractivity contribution in [3.8, 4) is 11.3 Å². The third-order valence-corrected chi connectivity index (χ3v) is 4.91. The van der Waals surface area contributed by atoms with Crippen molar-refractivity contribution >= 4 is 17.3 Å². The van der Waals surface area contributed by atoms with Crippen molar-refractivity contribution in [2.75, 3.05) is 36.0 Å². The SMILES string of the molecule is CC(=O)c1cccc(-c2cncc(N3CCN(c4ccccc4)CC3)n2)c1. The van der Waals surface area contributed by atoms with Crippen molar-refractivity contribution in [2.24, 2.45) is 0 Å². The number of benzene rings is 2. The Hall–Kier alpha value is -3.21. The lowest BCUT2D eigenvalue weighted by molar-refractivity contribution is 0.101. The molecule has 2 heterocycles. The number of para-hydroxylation sites is 1. The molecule has 0 spiro atoms. The standard InChI is InChI=1S/C22H22N4O/c1-17(27)18-6-5-7-19(14-18)21-15-23-16-22(24-21)26-12-10-25(11-13-26)20-8-3-2-4-9-20/h2-9,14-16H,10-13H2,1H3. The predicted molar refractivity (Wildman–Crippen MR) is 108 cm³/mol. The highest BCUT2D eigenvalue weighted by Crippen LogP contribution is 2.23. The zero-order valence-corrected chi connectivity index (χ0v) is 15.4. The maximum atomic E-state index is 11.6. The summed E-state index contributed by atoms with van der Waals surface area (Å²) in [5.41, 5.74) is 3.66. The average molecular weight is 358 g/mol. The molecule has 0 amide bonds. The van der Waals surface area contributed by atoms with Crippen LogP contribution in [0.5, 0.6) is 0 Å². The minimum Gasteiger partial charge on any atom is -0.368 e. The first-order chi connectivity index (χ1) is 13.2. The Labute approximate surface area is 159 Å². The monoisotopic (exact) mass is 358 g/mol. The van der Waals surface area contributed by atoms with Gasteiger partial charge in [0.05, 0.1) is 18.1 Å². The summed E-state index contributed by atoms with van der Waals surface area (Å²) in [5.74, 6) is 0.937. The van der Waals surface area contributed by atoms with Crippen molar-refractivity contribution in [1.29, 1.82) is 0 Å². The molecule has 0 aliphatic carbocycles. The zero-order valence-electron chi connectivity index (χ0n) is 15.4. The Morgan fingerprint density at radius 3 is 2.37 bits per heavy atom. The van der Waals surface area contributed by atoms with Crippen LogP contribution in [0, 0.1) is 0 Å². The molecule has 2 aromatic carbocycles. The van der Waals surface area contributed by atoms with E-state index in [9.17, 15) is 4.79 Å². The number of hydrogen-bond donors (Lipinski definition) is 0. The topological polar surface area (TPSA) is 49.3 Å². The summed E-state index contributed by atoms with van der Waals surface area (Å²) in [5, 5.41) is 0. The molecule has 3 aromatic rings. The van der Waals surface area contributed by atoms with E-state index in [1.807, 2.05) is 36.5 Å². The number of aromatic nitrogens is 2. The highest BCUT2D eigenvalue weighted by Gasteiger charge is 2.19. The van der Waals surface area contributed by atoms with Crippen LogP contribution in [0.25, 0.3) is 11.3 Å². The fourth-order valence-electron chi connectivity index (χ4n) is 3.38. The van der Waals surface area contributed by atoms with Gasteiger partial charge in [-0.1, -0.05) is 36.4 Å². The van der Waals surface area contributed by atoms with E-state index < -0.39 is 0 Å². The van der Waals surface area contributed by atoms with Gasteiger partial charge < -0.3 is 9.80 Å². The van der Waals surface area contributed by atoms with E-state index in [-0.39, 0.29) is 5.78 Å². The number of hydrogen-bond acceptors (Lipinski definition) is 5. The summed E-state index contributed by atoms with van der Waals surface area (Å²) in [6.07, 6.45) is 3.57. The molecule has 0 bridgehead atoms. The first kappa shape index (κ1) is 17.2. The highest BCUT2D eigenvalue weighted by molar-refractivity contribution is 5.95. The van der Waals surface area contributed by atoms with Crippen LogP contribution in [0.4, 0.5) is 11.5 Å². The molecule has 4 rings (SSSR count). The van der Waals surface area contributed by atoms with Gasteiger partial charge >= 0.3 is 0 Å². The lowest BCUT2D eigenvalue weighted by Gasteiger charge is -2.36. The van der Waals surface area contributed by atoms with Gasteiger partial charge in [-0.2, -0.15) is 0 Å². The molecule has 0 atom stereocenters. The third-order valence-electron chi connectivity index (χ3n) is 4.91. The molecule has 1 fully saturated rings. The van der Waals surface area contributed by atoms with Gasteiger partial charge in [0, 0.05) is 43.0 Å². The Balaban J connectivity index is 1.50. The third kappa shape index (κ3) is 3.82. The van der Waals surface area contributed by atoms with Gasteiger partial charge in [-0.15, -0.1) is 0 Å². The number of rotatable bonds is 4. The molecule has 1 saturated heterocycles. The molecular formula is C22H22N4O. The second-order valence-corrected chi connectivity index (χ2v) is 6.71. The van der Waals surface area contributed by atoms with Crippen molar-refractivity contribution in [3.63, 3.8) is 0 Å². The number of anilines is 2. The van der Waals surface area contributed by atoms with E-state index in [4.69, 9.17) is 4.98 Å². The first-order valence-electron chi connectivity index (χ1n) is 9.19. The number of carbonyl (C=O) groups excluding carboxylic acids is 1. The largest absolute Gasteiger partial charge is 0.368 e. The molecule has 0 N–H and O–H groups in total. The van der Waals surface area contributed by atoms with Crippen molar-refractivity contribution in [1.82, 2.24) is 9.97 Å². The Kier molecular flexibility index (Phi) is 4.83. The van der Waals surface area contributed by atoms with Crippen LogP contribution in [0.15, 0.2) is 67.0 Å². The van der Waals surface area contributed by atoms with Gasteiger partial charge in [0.25, 0.3) is 0 Å². The minimum atomic E-state index is 0.0537. The average Bonchev–Trinajstić information content (AvgIpc) is 2.75. The summed E-state index contributed by atoms with van der Waals surface area (Å²) >= 11 is 0. The second-order valence-electron chi connectivity index (χ2n) is 6.71. The number of nitrogens with zero attached hydrogens (tertiary/aromatic N) is 4. The molecule has 27 heavy (non-hydrogen) atoms. The number of Topliss-reactive ketones (excluding diaryl/α,β-unsaturated/α-hetero) is 1. The summed E-state index contributed by atoms with van der Waals surface area (Å²) in [6.45, 7) is 5.29. The summed E-state index contributed by atoms with van der Waals surface area (Å²) in [6, 6.07) is 18.1. The number of piperazine rings is 1. The summed E-state index contributed by atoms with van der Waals surface area (Å²) < 4.78 is 0. The van der Waals surface area contributed by atoms with Crippen molar-refractivity contribution in [3.05, 3.63) is 72.6 Å². The van der Waals surface area contributed by atoms with Gasteiger partial charge in [-0.3, -0.25) is 9.78 Å². The first-order valence-corrected chi connectivity index (χ1v) is 9.19. The molecule has 1 aliphatic rings. The van der Waals surface area contributed by atoms with Crippen LogP contribution in [-0.2, 0) is 0 Å². The van der Waals surface area contributed by atoms with E-state index in [0.29, 0.717) is 5.56 Å².